The number of rotatable bonds is 5. The smallest absolute Gasteiger partial charge is 0.259 e. The minimum absolute atomic E-state index is 0.142. The van der Waals surface area contributed by atoms with Crippen LogP contribution in [0.2, 0.25) is 0 Å². The van der Waals surface area contributed by atoms with E-state index < -0.39 is 0 Å². The van der Waals surface area contributed by atoms with E-state index in [1.165, 1.54) is 0 Å². The van der Waals surface area contributed by atoms with Crippen molar-refractivity contribution >= 4 is 21.4 Å². The number of hydrogen-bond donors (Lipinski definition) is 1. The molecule has 16 heavy (non-hydrogen) atoms. The van der Waals surface area contributed by atoms with Crippen molar-refractivity contribution in [3.8, 4) is 0 Å². The standard InChI is InChI=1S/C12H16N2OS/c1-13-6-2-3-7-14-8-4-11-10(12(14)15)5-9-16-11/h4-5,8-9,13H,2-3,6-7H2,1H3. The number of nitrogens with one attached hydrogen (secondary N) is 1. The zero-order valence-electron chi connectivity index (χ0n) is 9.40. The van der Waals surface area contributed by atoms with Crippen LogP contribution in [-0.4, -0.2) is 18.2 Å². The number of thiophene rings is 1. The molecule has 0 atom stereocenters. The third-order valence-corrected chi connectivity index (χ3v) is 3.55. The van der Waals surface area contributed by atoms with Crippen LogP contribution in [0.5, 0.6) is 0 Å². The van der Waals surface area contributed by atoms with Crippen LogP contribution >= 0.6 is 11.3 Å². The molecule has 0 bridgehead atoms. The van der Waals surface area contributed by atoms with Crippen LogP contribution in [0, 0.1) is 0 Å². The van der Waals surface area contributed by atoms with Gasteiger partial charge in [-0.1, -0.05) is 0 Å². The molecule has 1 N–H and O–H groups in total. The van der Waals surface area contributed by atoms with Gasteiger partial charge in [0.25, 0.3) is 5.56 Å². The molecule has 0 unspecified atom stereocenters. The highest BCUT2D eigenvalue weighted by molar-refractivity contribution is 7.17. The van der Waals surface area contributed by atoms with Gasteiger partial charge in [-0.25, -0.2) is 0 Å². The second-order valence-corrected chi connectivity index (χ2v) is 4.77. The number of unbranched alkanes of at least 4 members (excludes halogenated alkanes) is 1. The van der Waals surface area contributed by atoms with Gasteiger partial charge in [0.1, 0.15) is 0 Å². The monoisotopic (exact) mass is 236 g/mol. The Bertz CT molecular complexity index is 515. The molecule has 2 aromatic rings. The molecular formula is C12H16N2OS. The first-order valence-electron chi connectivity index (χ1n) is 5.54. The van der Waals surface area contributed by atoms with Crippen LogP contribution in [0.25, 0.3) is 10.1 Å². The summed E-state index contributed by atoms with van der Waals surface area (Å²) < 4.78 is 2.89. The quantitative estimate of drug-likeness (QED) is 0.806. The molecule has 3 nitrogen and oxygen atoms in total. The normalized spacial score (nSPS) is 11.1. The number of aromatic nitrogens is 1. The summed E-state index contributed by atoms with van der Waals surface area (Å²) in [5, 5.41) is 5.93. The highest BCUT2D eigenvalue weighted by atomic mass is 32.1. The maximum Gasteiger partial charge on any atom is 0.259 e. The fourth-order valence-electron chi connectivity index (χ4n) is 1.77. The molecule has 0 radical (unpaired) electrons. The zero-order chi connectivity index (χ0) is 11.4. The SMILES string of the molecule is CNCCCCn1ccc2sccc2c1=O. The fourth-order valence-corrected chi connectivity index (χ4v) is 2.54. The Morgan fingerprint density at radius 1 is 1.38 bits per heavy atom. The van der Waals surface area contributed by atoms with Gasteiger partial charge in [-0.05, 0) is 43.9 Å². The van der Waals surface area contributed by atoms with E-state index in [9.17, 15) is 4.79 Å². The first-order valence-corrected chi connectivity index (χ1v) is 6.42. The molecule has 0 fully saturated rings. The molecule has 0 aliphatic carbocycles. The van der Waals surface area contributed by atoms with Crippen molar-refractivity contribution in [2.45, 2.75) is 19.4 Å². The van der Waals surface area contributed by atoms with E-state index in [1.807, 2.05) is 35.3 Å². The summed E-state index contributed by atoms with van der Waals surface area (Å²) in [4.78, 5) is 12.0. The Kier molecular flexibility index (Phi) is 3.74. The second kappa shape index (κ2) is 5.27. The Hall–Kier alpha value is -1.13. The Morgan fingerprint density at radius 3 is 3.06 bits per heavy atom. The predicted octanol–water partition coefficient (Wildman–Crippen LogP) is 2.06. The average Bonchev–Trinajstić information content (AvgIpc) is 2.76. The van der Waals surface area contributed by atoms with Gasteiger partial charge in [-0.2, -0.15) is 0 Å². The van der Waals surface area contributed by atoms with Gasteiger partial charge in [0, 0.05) is 17.4 Å². The zero-order valence-corrected chi connectivity index (χ0v) is 10.2. The van der Waals surface area contributed by atoms with Crippen LogP contribution in [0.15, 0.2) is 28.5 Å². The highest BCUT2D eigenvalue weighted by Gasteiger charge is 2.02. The predicted molar refractivity (Wildman–Crippen MR) is 69.2 cm³/mol. The molecule has 0 aliphatic heterocycles. The van der Waals surface area contributed by atoms with E-state index in [0.29, 0.717) is 0 Å². The third kappa shape index (κ3) is 2.33. The van der Waals surface area contributed by atoms with Crippen LogP contribution in [0.1, 0.15) is 12.8 Å². The largest absolute Gasteiger partial charge is 0.320 e. The minimum Gasteiger partial charge on any atom is -0.320 e. The molecule has 0 aliphatic rings. The van der Waals surface area contributed by atoms with Crippen LogP contribution < -0.4 is 10.9 Å². The molecule has 0 amide bonds. The van der Waals surface area contributed by atoms with Gasteiger partial charge in [0.05, 0.1) is 5.39 Å². The van der Waals surface area contributed by atoms with Gasteiger partial charge < -0.3 is 9.88 Å². The summed E-state index contributed by atoms with van der Waals surface area (Å²) in [6.45, 7) is 1.82. The van der Waals surface area contributed by atoms with Crippen molar-refractivity contribution in [2.24, 2.45) is 0 Å². The van der Waals surface area contributed by atoms with E-state index >= 15 is 0 Å². The topological polar surface area (TPSA) is 34.0 Å². The fraction of sp³-hybridized carbons (Fsp3) is 0.417. The Balaban J connectivity index is 2.12. The van der Waals surface area contributed by atoms with Gasteiger partial charge in [-0.3, -0.25) is 4.79 Å². The number of hydrogen-bond acceptors (Lipinski definition) is 3. The van der Waals surface area contributed by atoms with E-state index in [1.54, 1.807) is 11.3 Å². The van der Waals surface area contributed by atoms with Gasteiger partial charge in [0.15, 0.2) is 0 Å². The lowest BCUT2D eigenvalue weighted by Gasteiger charge is -2.05. The molecule has 0 saturated carbocycles. The summed E-state index contributed by atoms with van der Waals surface area (Å²) in [6.07, 6.45) is 4.04. The summed E-state index contributed by atoms with van der Waals surface area (Å²) >= 11 is 1.62. The van der Waals surface area contributed by atoms with Crippen molar-refractivity contribution in [3.63, 3.8) is 0 Å². The van der Waals surface area contributed by atoms with Crippen molar-refractivity contribution in [1.29, 1.82) is 0 Å². The third-order valence-electron chi connectivity index (χ3n) is 2.67. The summed E-state index contributed by atoms with van der Waals surface area (Å²) in [5.74, 6) is 0. The first-order chi connectivity index (χ1) is 7.83. The van der Waals surface area contributed by atoms with Crippen molar-refractivity contribution in [3.05, 3.63) is 34.1 Å². The Labute approximate surface area is 98.7 Å². The summed E-state index contributed by atoms with van der Waals surface area (Å²) in [6, 6.07) is 3.94. The lowest BCUT2D eigenvalue weighted by molar-refractivity contribution is 0.581. The highest BCUT2D eigenvalue weighted by Crippen LogP contribution is 2.16. The lowest BCUT2D eigenvalue weighted by Crippen LogP contribution is -2.19. The maximum atomic E-state index is 12.0. The molecular weight excluding hydrogens is 220 g/mol. The molecule has 0 saturated heterocycles. The van der Waals surface area contributed by atoms with E-state index in [2.05, 4.69) is 5.32 Å². The van der Waals surface area contributed by atoms with Crippen LogP contribution in [0.4, 0.5) is 0 Å². The average molecular weight is 236 g/mol. The van der Waals surface area contributed by atoms with E-state index in [4.69, 9.17) is 0 Å². The molecule has 2 heterocycles. The Morgan fingerprint density at radius 2 is 2.25 bits per heavy atom. The molecule has 86 valence electrons. The molecule has 0 aromatic carbocycles. The number of nitrogens with zero attached hydrogens (tertiary/aromatic N) is 1. The second-order valence-electron chi connectivity index (χ2n) is 3.82. The van der Waals surface area contributed by atoms with Crippen molar-refractivity contribution in [1.82, 2.24) is 9.88 Å². The van der Waals surface area contributed by atoms with Crippen LogP contribution in [-0.2, 0) is 6.54 Å². The number of pyridine rings is 1. The van der Waals surface area contributed by atoms with Crippen molar-refractivity contribution < 1.29 is 0 Å². The van der Waals surface area contributed by atoms with E-state index in [0.717, 1.165) is 36.0 Å². The van der Waals surface area contributed by atoms with E-state index in [-0.39, 0.29) is 5.56 Å². The van der Waals surface area contributed by atoms with Gasteiger partial charge in [0.2, 0.25) is 0 Å². The number of fused-ring (bicyclic) bond motifs is 1. The van der Waals surface area contributed by atoms with Crippen molar-refractivity contribution in [2.75, 3.05) is 13.6 Å². The number of aryl methyl sites for hydroxylation is 1. The lowest BCUT2D eigenvalue weighted by atomic mass is 10.3. The maximum absolute atomic E-state index is 12.0. The molecule has 0 spiro atoms. The summed E-state index contributed by atoms with van der Waals surface area (Å²) in [5.41, 5.74) is 0.142. The molecule has 2 rings (SSSR count). The molecule has 4 heteroatoms. The van der Waals surface area contributed by atoms with Gasteiger partial charge in [-0.15, -0.1) is 11.3 Å². The van der Waals surface area contributed by atoms with Gasteiger partial charge >= 0.3 is 0 Å². The minimum atomic E-state index is 0.142. The molecule has 2 aromatic heterocycles. The van der Waals surface area contributed by atoms with Crippen LogP contribution in [0.3, 0.4) is 0 Å². The summed E-state index contributed by atoms with van der Waals surface area (Å²) in [7, 11) is 1.95. The first kappa shape index (κ1) is 11.4.